The molecule has 1 unspecified atom stereocenters. The molecule has 2 rings (SSSR count). The number of aliphatic carboxylic acids is 1. The molecule has 0 amide bonds. The van der Waals surface area contributed by atoms with Crippen molar-refractivity contribution in [3.8, 4) is 0 Å². The van der Waals surface area contributed by atoms with Crippen molar-refractivity contribution in [3.05, 3.63) is 17.0 Å². The average molecular weight is 265 g/mol. The van der Waals surface area contributed by atoms with Crippen molar-refractivity contribution in [2.75, 3.05) is 13.1 Å². The number of carboxylic acid groups (broad SMARTS) is 1. The highest BCUT2D eigenvalue weighted by molar-refractivity contribution is 5.76. The van der Waals surface area contributed by atoms with Crippen molar-refractivity contribution in [2.24, 2.45) is 7.05 Å². The zero-order chi connectivity index (χ0) is 14.0. The number of aromatic nitrogens is 2. The number of aryl methyl sites for hydroxylation is 2. The molecule has 5 heteroatoms. The van der Waals surface area contributed by atoms with Gasteiger partial charge in [-0.15, -0.1) is 0 Å². The molecule has 0 aliphatic carbocycles. The van der Waals surface area contributed by atoms with Gasteiger partial charge in [-0.05, 0) is 39.8 Å². The maximum Gasteiger partial charge on any atom is 0.325 e. The Morgan fingerprint density at radius 2 is 1.79 bits per heavy atom. The van der Waals surface area contributed by atoms with Crippen LogP contribution in [-0.4, -0.2) is 38.8 Å². The van der Waals surface area contributed by atoms with Gasteiger partial charge < -0.3 is 5.11 Å². The summed E-state index contributed by atoms with van der Waals surface area (Å²) >= 11 is 0. The lowest BCUT2D eigenvalue weighted by molar-refractivity contribution is -0.143. The van der Waals surface area contributed by atoms with Crippen molar-refractivity contribution >= 4 is 5.97 Å². The second kappa shape index (κ2) is 5.74. The highest BCUT2D eigenvalue weighted by Gasteiger charge is 2.32. The van der Waals surface area contributed by atoms with Crippen LogP contribution in [0.4, 0.5) is 0 Å². The maximum absolute atomic E-state index is 11.7. The number of carbonyl (C=O) groups is 1. The molecular weight excluding hydrogens is 242 g/mol. The van der Waals surface area contributed by atoms with Crippen LogP contribution >= 0.6 is 0 Å². The molecule has 1 N–H and O–H groups in total. The van der Waals surface area contributed by atoms with Crippen LogP contribution in [0.25, 0.3) is 0 Å². The molecule has 19 heavy (non-hydrogen) atoms. The van der Waals surface area contributed by atoms with Gasteiger partial charge in [-0.25, -0.2) is 0 Å². The number of hydrogen-bond donors (Lipinski definition) is 1. The Balaban J connectivity index is 2.36. The minimum atomic E-state index is -0.763. The van der Waals surface area contributed by atoms with Gasteiger partial charge in [-0.2, -0.15) is 5.10 Å². The Morgan fingerprint density at radius 1 is 1.21 bits per heavy atom. The fourth-order valence-electron chi connectivity index (χ4n) is 3.00. The first-order chi connectivity index (χ1) is 9.02. The molecule has 1 fully saturated rings. The van der Waals surface area contributed by atoms with E-state index in [1.54, 1.807) is 4.68 Å². The van der Waals surface area contributed by atoms with E-state index >= 15 is 0 Å². The topological polar surface area (TPSA) is 58.4 Å². The molecule has 0 radical (unpaired) electrons. The molecule has 1 aromatic heterocycles. The standard InChI is InChI=1S/C14H23N3O2/c1-10-12(11(2)16(3)15-10)13(14(18)19)17-8-6-4-5-7-9-17/h13H,4-9H2,1-3H3,(H,18,19). The summed E-state index contributed by atoms with van der Waals surface area (Å²) in [6, 6.07) is -0.549. The quantitative estimate of drug-likeness (QED) is 0.908. The number of rotatable bonds is 3. The number of likely N-dealkylation sites (tertiary alicyclic amines) is 1. The minimum absolute atomic E-state index is 0.549. The van der Waals surface area contributed by atoms with Gasteiger partial charge in [0.25, 0.3) is 0 Å². The van der Waals surface area contributed by atoms with E-state index in [1.807, 2.05) is 20.9 Å². The van der Waals surface area contributed by atoms with Crippen molar-refractivity contribution in [1.29, 1.82) is 0 Å². The van der Waals surface area contributed by atoms with Gasteiger partial charge in [-0.1, -0.05) is 12.8 Å². The van der Waals surface area contributed by atoms with Crippen molar-refractivity contribution in [2.45, 2.75) is 45.6 Å². The van der Waals surface area contributed by atoms with Crippen molar-refractivity contribution < 1.29 is 9.90 Å². The summed E-state index contributed by atoms with van der Waals surface area (Å²) in [5.74, 6) is -0.763. The first-order valence-electron chi connectivity index (χ1n) is 6.99. The van der Waals surface area contributed by atoms with Crippen LogP contribution in [0.15, 0.2) is 0 Å². The molecule has 2 heterocycles. The van der Waals surface area contributed by atoms with E-state index in [9.17, 15) is 9.90 Å². The van der Waals surface area contributed by atoms with Crippen LogP contribution in [0.3, 0.4) is 0 Å². The first kappa shape index (κ1) is 14.1. The van der Waals surface area contributed by atoms with Crippen LogP contribution in [0.2, 0.25) is 0 Å². The van der Waals surface area contributed by atoms with Crippen LogP contribution in [0, 0.1) is 13.8 Å². The third-order valence-corrected chi connectivity index (χ3v) is 4.08. The number of nitrogens with zero attached hydrogens (tertiary/aromatic N) is 3. The smallest absolute Gasteiger partial charge is 0.325 e. The van der Waals surface area contributed by atoms with Crippen LogP contribution in [-0.2, 0) is 11.8 Å². The van der Waals surface area contributed by atoms with E-state index in [-0.39, 0.29) is 0 Å². The zero-order valence-corrected chi connectivity index (χ0v) is 12.0. The van der Waals surface area contributed by atoms with Gasteiger partial charge in [0.05, 0.1) is 5.69 Å². The van der Waals surface area contributed by atoms with Gasteiger partial charge in [0.1, 0.15) is 6.04 Å². The predicted octanol–water partition coefficient (Wildman–Crippen LogP) is 2.04. The molecule has 0 aromatic carbocycles. The third kappa shape index (κ3) is 2.81. The summed E-state index contributed by atoms with van der Waals surface area (Å²) in [7, 11) is 1.87. The lowest BCUT2D eigenvalue weighted by atomic mass is 10.0. The van der Waals surface area contributed by atoms with Gasteiger partial charge in [0.2, 0.25) is 0 Å². The lowest BCUT2D eigenvalue weighted by Crippen LogP contribution is -2.35. The highest BCUT2D eigenvalue weighted by atomic mass is 16.4. The number of hydrogen-bond acceptors (Lipinski definition) is 3. The fraction of sp³-hybridized carbons (Fsp3) is 0.714. The lowest BCUT2D eigenvalue weighted by Gasteiger charge is -2.27. The minimum Gasteiger partial charge on any atom is -0.480 e. The Labute approximate surface area is 114 Å². The summed E-state index contributed by atoms with van der Waals surface area (Å²) in [5, 5.41) is 14.0. The van der Waals surface area contributed by atoms with E-state index in [1.165, 1.54) is 12.8 Å². The van der Waals surface area contributed by atoms with E-state index in [0.717, 1.165) is 42.9 Å². The molecule has 0 saturated carbocycles. The monoisotopic (exact) mass is 265 g/mol. The van der Waals surface area contributed by atoms with Crippen LogP contribution < -0.4 is 0 Å². The Kier molecular flexibility index (Phi) is 4.24. The van der Waals surface area contributed by atoms with Crippen LogP contribution in [0.1, 0.15) is 48.7 Å². The highest BCUT2D eigenvalue weighted by Crippen LogP contribution is 2.29. The largest absolute Gasteiger partial charge is 0.480 e. The van der Waals surface area contributed by atoms with E-state index in [4.69, 9.17) is 0 Å². The van der Waals surface area contributed by atoms with Crippen molar-refractivity contribution in [3.63, 3.8) is 0 Å². The molecular formula is C14H23N3O2. The predicted molar refractivity (Wildman–Crippen MR) is 73.1 cm³/mol. The second-order valence-corrected chi connectivity index (χ2v) is 5.40. The molecule has 1 aliphatic rings. The van der Waals surface area contributed by atoms with E-state index in [0.29, 0.717) is 0 Å². The third-order valence-electron chi connectivity index (χ3n) is 4.08. The van der Waals surface area contributed by atoms with Crippen molar-refractivity contribution in [1.82, 2.24) is 14.7 Å². The van der Waals surface area contributed by atoms with Gasteiger partial charge in [0, 0.05) is 18.3 Å². The zero-order valence-electron chi connectivity index (χ0n) is 12.0. The molecule has 1 aliphatic heterocycles. The fourth-order valence-corrected chi connectivity index (χ4v) is 3.00. The molecule has 5 nitrogen and oxygen atoms in total. The summed E-state index contributed by atoms with van der Waals surface area (Å²) < 4.78 is 1.78. The first-order valence-corrected chi connectivity index (χ1v) is 6.99. The summed E-state index contributed by atoms with van der Waals surface area (Å²) in [4.78, 5) is 13.8. The number of carboxylic acids is 1. The van der Waals surface area contributed by atoms with Gasteiger partial charge in [-0.3, -0.25) is 14.4 Å². The van der Waals surface area contributed by atoms with Gasteiger partial charge >= 0.3 is 5.97 Å². The summed E-state index contributed by atoms with van der Waals surface area (Å²) in [5.41, 5.74) is 2.66. The normalized spacial score (nSPS) is 19.1. The molecule has 0 spiro atoms. The van der Waals surface area contributed by atoms with E-state index in [2.05, 4.69) is 10.00 Å². The summed E-state index contributed by atoms with van der Waals surface area (Å²) in [6.07, 6.45) is 4.58. The Hall–Kier alpha value is -1.36. The second-order valence-electron chi connectivity index (χ2n) is 5.40. The summed E-state index contributed by atoms with van der Waals surface area (Å²) in [6.45, 7) is 5.58. The molecule has 0 bridgehead atoms. The molecule has 1 atom stereocenters. The van der Waals surface area contributed by atoms with Crippen LogP contribution in [0.5, 0.6) is 0 Å². The SMILES string of the molecule is Cc1nn(C)c(C)c1C(C(=O)O)N1CCCCCC1. The van der Waals surface area contributed by atoms with Gasteiger partial charge in [0.15, 0.2) is 0 Å². The Morgan fingerprint density at radius 3 is 2.21 bits per heavy atom. The average Bonchev–Trinajstić information content (AvgIpc) is 2.59. The maximum atomic E-state index is 11.7. The molecule has 106 valence electrons. The van der Waals surface area contributed by atoms with E-state index < -0.39 is 12.0 Å². The molecule has 1 aromatic rings. The Bertz CT molecular complexity index is 460. The molecule has 1 saturated heterocycles.